The lowest BCUT2D eigenvalue weighted by atomic mass is 10.1. The highest BCUT2D eigenvalue weighted by Crippen LogP contribution is 2.31. The molecule has 24 heavy (non-hydrogen) atoms. The first-order valence-electron chi connectivity index (χ1n) is 8.05. The second-order valence-corrected chi connectivity index (χ2v) is 6.22. The maximum Gasteiger partial charge on any atom is 0.416 e. The predicted octanol–water partition coefficient (Wildman–Crippen LogP) is 2.82. The second-order valence-electron chi connectivity index (χ2n) is 6.22. The van der Waals surface area contributed by atoms with Crippen molar-refractivity contribution in [3.8, 4) is 0 Å². The van der Waals surface area contributed by atoms with Crippen LogP contribution in [-0.2, 0) is 22.3 Å². The van der Waals surface area contributed by atoms with Crippen molar-refractivity contribution in [3.63, 3.8) is 0 Å². The molecule has 134 valence electrons. The number of carbonyl (C=O) groups excluding carboxylic acids is 1. The van der Waals surface area contributed by atoms with Gasteiger partial charge in [0.2, 0.25) is 5.91 Å². The standard InChI is InChI=1S/C17H23F3N2O2/c1-12(2)22-7-8-24-14(11-22)9-16(23)21-10-13-5-3-4-6-15(13)17(18,19)20/h3-6,12,14H,7-11H2,1-2H3,(H,21,23)/t14-/m1/s1. The summed E-state index contributed by atoms with van der Waals surface area (Å²) in [5, 5.41) is 2.57. The molecule has 1 aromatic rings. The third-order valence-corrected chi connectivity index (χ3v) is 4.11. The molecule has 1 heterocycles. The number of rotatable bonds is 5. The summed E-state index contributed by atoms with van der Waals surface area (Å²) in [4.78, 5) is 14.3. The molecule has 1 amide bonds. The molecule has 0 spiro atoms. The fourth-order valence-corrected chi connectivity index (χ4v) is 2.76. The minimum absolute atomic E-state index is 0.0618. The van der Waals surface area contributed by atoms with E-state index in [0.29, 0.717) is 19.2 Å². The van der Waals surface area contributed by atoms with Gasteiger partial charge in [-0.15, -0.1) is 0 Å². The maximum atomic E-state index is 12.9. The Hall–Kier alpha value is -1.60. The molecule has 1 fully saturated rings. The van der Waals surface area contributed by atoms with Crippen molar-refractivity contribution < 1.29 is 22.7 Å². The van der Waals surface area contributed by atoms with Crippen LogP contribution in [0.2, 0.25) is 0 Å². The minimum Gasteiger partial charge on any atom is -0.375 e. The number of benzene rings is 1. The Morgan fingerprint density at radius 3 is 2.75 bits per heavy atom. The first-order valence-corrected chi connectivity index (χ1v) is 8.05. The summed E-state index contributed by atoms with van der Waals surface area (Å²) in [6.45, 7) is 6.06. The topological polar surface area (TPSA) is 41.6 Å². The Morgan fingerprint density at radius 1 is 1.38 bits per heavy atom. The summed E-state index contributed by atoms with van der Waals surface area (Å²) < 4.78 is 44.4. The molecule has 0 aromatic heterocycles. The zero-order valence-electron chi connectivity index (χ0n) is 13.9. The Bertz CT molecular complexity index is 561. The van der Waals surface area contributed by atoms with Crippen LogP contribution in [-0.4, -0.2) is 42.6 Å². The fraction of sp³-hybridized carbons (Fsp3) is 0.588. The maximum absolute atomic E-state index is 12.9. The molecular formula is C17H23F3N2O2. The van der Waals surface area contributed by atoms with Crippen LogP contribution < -0.4 is 5.32 Å². The van der Waals surface area contributed by atoms with Gasteiger partial charge < -0.3 is 10.1 Å². The van der Waals surface area contributed by atoms with Crippen LogP contribution in [0.1, 0.15) is 31.4 Å². The summed E-state index contributed by atoms with van der Waals surface area (Å²) in [6.07, 6.45) is -4.50. The van der Waals surface area contributed by atoms with Crippen molar-refractivity contribution in [1.29, 1.82) is 0 Å². The Morgan fingerprint density at radius 2 is 2.08 bits per heavy atom. The van der Waals surface area contributed by atoms with E-state index < -0.39 is 11.7 Å². The van der Waals surface area contributed by atoms with Gasteiger partial charge >= 0.3 is 6.18 Å². The van der Waals surface area contributed by atoms with E-state index in [9.17, 15) is 18.0 Å². The first kappa shape index (κ1) is 18.7. The van der Waals surface area contributed by atoms with Gasteiger partial charge in [-0.25, -0.2) is 0 Å². The number of carbonyl (C=O) groups is 1. The van der Waals surface area contributed by atoms with E-state index >= 15 is 0 Å². The van der Waals surface area contributed by atoms with Gasteiger partial charge in [0.25, 0.3) is 0 Å². The van der Waals surface area contributed by atoms with E-state index in [1.54, 1.807) is 0 Å². The third kappa shape index (κ3) is 5.21. The van der Waals surface area contributed by atoms with Crippen molar-refractivity contribution in [1.82, 2.24) is 10.2 Å². The molecule has 7 heteroatoms. The lowest BCUT2D eigenvalue weighted by molar-refractivity contribution is -0.138. The first-order chi connectivity index (χ1) is 11.3. The molecule has 1 N–H and O–H groups in total. The quantitative estimate of drug-likeness (QED) is 0.893. The number of nitrogens with zero attached hydrogens (tertiary/aromatic N) is 1. The van der Waals surface area contributed by atoms with Gasteiger partial charge in [0.05, 0.1) is 24.7 Å². The van der Waals surface area contributed by atoms with E-state index in [1.807, 2.05) is 0 Å². The van der Waals surface area contributed by atoms with Crippen LogP contribution >= 0.6 is 0 Å². The molecule has 0 bridgehead atoms. The minimum atomic E-state index is -4.43. The molecule has 1 aliphatic rings. The van der Waals surface area contributed by atoms with Crippen molar-refractivity contribution in [3.05, 3.63) is 35.4 Å². The van der Waals surface area contributed by atoms with Crippen molar-refractivity contribution in [2.24, 2.45) is 0 Å². The molecule has 0 saturated carbocycles. The highest BCUT2D eigenvalue weighted by molar-refractivity contribution is 5.76. The summed E-state index contributed by atoms with van der Waals surface area (Å²) in [5.74, 6) is -0.303. The molecule has 1 aromatic carbocycles. The summed E-state index contributed by atoms with van der Waals surface area (Å²) in [7, 11) is 0. The molecule has 1 aliphatic heterocycles. The number of ether oxygens (including phenoxy) is 1. The number of morpholine rings is 1. The molecule has 1 atom stereocenters. The molecule has 4 nitrogen and oxygen atoms in total. The highest BCUT2D eigenvalue weighted by Gasteiger charge is 2.33. The van der Waals surface area contributed by atoms with Gasteiger partial charge in [0.1, 0.15) is 0 Å². The second kappa shape index (κ2) is 7.98. The summed E-state index contributed by atoms with van der Waals surface area (Å²) in [5.41, 5.74) is -0.656. The van der Waals surface area contributed by atoms with Crippen LogP contribution in [0.3, 0.4) is 0 Å². The average Bonchev–Trinajstić information content (AvgIpc) is 2.52. The summed E-state index contributed by atoms with van der Waals surface area (Å²) >= 11 is 0. The largest absolute Gasteiger partial charge is 0.416 e. The van der Waals surface area contributed by atoms with Crippen molar-refractivity contribution in [2.45, 2.75) is 45.1 Å². The van der Waals surface area contributed by atoms with E-state index in [0.717, 1.165) is 12.6 Å². The summed E-state index contributed by atoms with van der Waals surface area (Å²) in [6, 6.07) is 5.64. The van der Waals surface area contributed by atoms with Crippen molar-refractivity contribution >= 4 is 5.91 Å². The number of amides is 1. The van der Waals surface area contributed by atoms with Gasteiger partial charge in [-0.2, -0.15) is 13.2 Å². The number of hydrogen-bond donors (Lipinski definition) is 1. The number of hydrogen-bond acceptors (Lipinski definition) is 3. The number of alkyl halides is 3. The lowest BCUT2D eigenvalue weighted by Crippen LogP contribution is -2.47. The van der Waals surface area contributed by atoms with Crippen molar-refractivity contribution in [2.75, 3.05) is 19.7 Å². The smallest absolute Gasteiger partial charge is 0.375 e. The molecular weight excluding hydrogens is 321 g/mol. The number of nitrogens with one attached hydrogen (secondary N) is 1. The highest BCUT2D eigenvalue weighted by atomic mass is 19.4. The van der Waals surface area contributed by atoms with E-state index in [4.69, 9.17) is 4.74 Å². The molecule has 2 rings (SSSR count). The molecule has 0 aliphatic carbocycles. The van der Waals surface area contributed by atoms with Gasteiger partial charge in [-0.3, -0.25) is 9.69 Å². The number of halogens is 3. The zero-order chi connectivity index (χ0) is 17.7. The molecule has 0 unspecified atom stereocenters. The van der Waals surface area contributed by atoms with Gasteiger partial charge in [-0.1, -0.05) is 18.2 Å². The Balaban J connectivity index is 1.88. The monoisotopic (exact) mass is 344 g/mol. The van der Waals surface area contributed by atoms with Gasteiger partial charge in [0.15, 0.2) is 0 Å². The van der Waals surface area contributed by atoms with Crippen LogP contribution in [0, 0.1) is 0 Å². The Labute approximate surface area is 140 Å². The SMILES string of the molecule is CC(C)N1CCO[C@H](CC(=O)NCc2ccccc2C(F)(F)F)C1. The third-order valence-electron chi connectivity index (χ3n) is 4.11. The van der Waals surface area contributed by atoms with Crippen LogP contribution in [0.15, 0.2) is 24.3 Å². The Kier molecular flexibility index (Phi) is 6.23. The lowest BCUT2D eigenvalue weighted by Gasteiger charge is -2.35. The van der Waals surface area contributed by atoms with E-state index in [-0.39, 0.29) is 30.5 Å². The van der Waals surface area contributed by atoms with E-state index in [2.05, 4.69) is 24.1 Å². The molecule has 1 saturated heterocycles. The van der Waals surface area contributed by atoms with Crippen LogP contribution in [0.4, 0.5) is 13.2 Å². The fourth-order valence-electron chi connectivity index (χ4n) is 2.76. The zero-order valence-corrected chi connectivity index (χ0v) is 13.9. The van der Waals surface area contributed by atoms with Gasteiger partial charge in [0, 0.05) is 25.7 Å². The normalized spacial score (nSPS) is 19.5. The molecule has 0 radical (unpaired) electrons. The van der Waals surface area contributed by atoms with Crippen LogP contribution in [0.5, 0.6) is 0 Å². The van der Waals surface area contributed by atoms with Gasteiger partial charge in [-0.05, 0) is 25.5 Å². The predicted molar refractivity (Wildman–Crippen MR) is 84.4 cm³/mol. The van der Waals surface area contributed by atoms with E-state index in [1.165, 1.54) is 18.2 Å². The van der Waals surface area contributed by atoms with Crippen LogP contribution in [0.25, 0.3) is 0 Å². The average molecular weight is 344 g/mol.